The van der Waals surface area contributed by atoms with Gasteiger partial charge in [0.05, 0.1) is 16.9 Å². The lowest BCUT2D eigenvalue weighted by atomic mass is 10.1. The van der Waals surface area contributed by atoms with E-state index in [0.29, 0.717) is 5.56 Å². The number of carboxylic acids is 1. The molecule has 0 amide bonds. The average Bonchev–Trinajstić information content (AvgIpc) is 2.65. The molecule has 0 aliphatic heterocycles. The zero-order chi connectivity index (χ0) is 16.7. The molecular formula is C13H14ClN3O4S. The number of aromatic nitrogens is 2. The van der Waals surface area contributed by atoms with Crippen LogP contribution in [0.4, 0.5) is 5.69 Å². The molecule has 0 bridgehead atoms. The van der Waals surface area contributed by atoms with Crippen LogP contribution in [0.15, 0.2) is 23.1 Å². The van der Waals surface area contributed by atoms with Crippen LogP contribution in [0.25, 0.3) is 0 Å². The molecule has 2 rings (SSSR count). The largest absolute Gasteiger partial charge is 0.478 e. The molecule has 2 aromatic rings. The molecule has 118 valence electrons. The Hall–Kier alpha value is -2.06. The summed E-state index contributed by atoms with van der Waals surface area (Å²) in [5.74, 6) is -1.23. The molecule has 0 aliphatic carbocycles. The number of nitrogens with zero attached hydrogens (tertiary/aromatic N) is 2. The van der Waals surface area contributed by atoms with Gasteiger partial charge in [-0.25, -0.2) is 13.2 Å². The Bertz CT molecular complexity index is 858. The fourth-order valence-electron chi connectivity index (χ4n) is 2.08. The first-order valence-electron chi connectivity index (χ1n) is 6.20. The van der Waals surface area contributed by atoms with Gasteiger partial charge in [0.25, 0.3) is 10.0 Å². The smallest absolute Gasteiger partial charge is 0.337 e. The van der Waals surface area contributed by atoms with Crippen molar-refractivity contribution in [3.8, 4) is 0 Å². The van der Waals surface area contributed by atoms with Crippen LogP contribution in [-0.2, 0) is 17.1 Å². The number of nitrogens with one attached hydrogen (secondary N) is 1. The molecule has 2 N–H and O–H groups in total. The summed E-state index contributed by atoms with van der Waals surface area (Å²) in [7, 11) is -2.54. The van der Waals surface area contributed by atoms with Crippen molar-refractivity contribution in [3.05, 3.63) is 40.2 Å². The first kappa shape index (κ1) is 16.3. The van der Waals surface area contributed by atoms with Crippen LogP contribution in [0.1, 0.15) is 21.6 Å². The number of anilines is 1. The number of rotatable bonds is 4. The minimum atomic E-state index is -4.06. The van der Waals surface area contributed by atoms with E-state index in [-0.39, 0.29) is 27.0 Å². The number of para-hydroxylation sites is 1. The second-order valence-electron chi connectivity index (χ2n) is 4.74. The summed E-state index contributed by atoms with van der Waals surface area (Å²) in [6, 6.07) is 4.48. The normalized spacial score (nSPS) is 11.5. The van der Waals surface area contributed by atoms with E-state index in [0.717, 1.165) is 0 Å². The molecule has 0 radical (unpaired) electrons. The molecular weight excluding hydrogens is 330 g/mol. The predicted molar refractivity (Wildman–Crippen MR) is 81.9 cm³/mol. The molecule has 9 heteroatoms. The van der Waals surface area contributed by atoms with Crippen LogP contribution in [0.3, 0.4) is 0 Å². The number of halogens is 1. The number of benzene rings is 1. The maximum absolute atomic E-state index is 12.5. The van der Waals surface area contributed by atoms with E-state index in [1.54, 1.807) is 19.1 Å². The standard InChI is InChI=1S/C13H14ClN3O4S/c1-7-5-4-6-9(13(18)19)10(7)16-22(20,21)11-8(2)15-17(3)12(11)14/h4-6,16H,1-3H3,(H,18,19). The van der Waals surface area contributed by atoms with Gasteiger partial charge in [0, 0.05) is 7.05 Å². The third kappa shape index (κ3) is 2.79. The number of hydrogen-bond donors (Lipinski definition) is 2. The van der Waals surface area contributed by atoms with Gasteiger partial charge in [0.2, 0.25) is 0 Å². The number of carbonyl (C=O) groups is 1. The average molecular weight is 344 g/mol. The topological polar surface area (TPSA) is 101 Å². The molecule has 0 unspecified atom stereocenters. The van der Waals surface area contributed by atoms with Gasteiger partial charge in [0.1, 0.15) is 10.0 Å². The first-order chi connectivity index (χ1) is 10.1. The van der Waals surface area contributed by atoms with Crippen LogP contribution in [0.5, 0.6) is 0 Å². The number of aryl methyl sites for hydroxylation is 3. The van der Waals surface area contributed by atoms with Crippen molar-refractivity contribution in [3.63, 3.8) is 0 Å². The maximum Gasteiger partial charge on any atom is 0.337 e. The van der Waals surface area contributed by atoms with Gasteiger partial charge in [-0.05, 0) is 25.5 Å². The second kappa shape index (κ2) is 5.62. The highest BCUT2D eigenvalue weighted by Crippen LogP contribution is 2.29. The number of aromatic carboxylic acids is 1. The van der Waals surface area contributed by atoms with E-state index in [4.69, 9.17) is 11.6 Å². The fraction of sp³-hybridized carbons (Fsp3) is 0.231. The molecule has 0 saturated carbocycles. The third-order valence-corrected chi connectivity index (χ3v) is 5.15. The molecule has 22 heavy (non-hydrogen) atoms. The van der Waals surface area contributed by atoms with Gasteiger partial charge in [-0.15, -0.1) is 0 Å². The summed E-state index contributed by atoms with van der Waals surface area (Å²) in [6.45, 7) is 3.12. The monoisotopic (exact) mass is 343 g/mol. The zero-order valence-corrected chi connectivity index (χ0v) is 13.7. The minimum Gasteiger partial charge on any atom is -0.478 e. The lowest BCUT2D eigenvalue weighted by Crippen LogP contribution is -2.17. The molecule has 0 fully saturated rings. The highest BCUT2D eigenvalue weighted by molar-refractivity contribution is 7.93. The quantitative estimate of drug-likeness (QED) is 0.886. The summed E-state index contributed by atoms with van der Waals surface area (Å²) in [4.78, 5) is 11.1. The van der Waals surface area contributed by atoms with Crippen molar-refractivity contribution >= 4 is 33.3 Å². The van der Waals surface area contributed by atoms with Crippen molar-refractivity contribution in [2.75, 3.05) is 4.72 Å². The molecule has 0 aliphatic rings. The van der Waals surface area contributed by atoms with E-state index in [1.807, 2.05) is 0 Å². The summed E-state index contributed by atoms with van der Waals surface area (Å²) >= 11 is 5.97. The molecule has 1 heterocycles. The number of carboxylic acid groups (broad SMARTS) is 1. The summed E-state index contributed by atoms with van der Waals surface area (Å²) in [5, 5.41) is 13.1. The van der Waals surface area contributed by atoms with E-state index in [1.165, 1.54) is 24.7 Å². The van der Waals surface area contributed by atoms with Crippen molar-refractivity contribution in [2.24, 2.45) is 7.05 Å². The van der Waals surface area contributed by atoms with Gasteiger partial charge in [-0.1, -0.05) is 23.7 Å². The third-order valence-electron chi connectivity index (χ3n) is 3.11. The molecule has 7 nitrogen and oxygen atoms in total. The van der Waals surface area contributed by atoms with Crippen LogP contribution in [0, 0.1) is 13.8 Å². The molecule has 1 aromatic carbocycles. The highest BCUT2D eigenvalue weighted by Gasteiger charge is 2.27. The van der Waals surface area contributed by atoms with E-state index in [2.05, 4.69) is 9.82 Å². The first-order valence-corrected chi connectivity index (χ1v) is 8.06. The Morgan fingerprint density at radius 1 is 1.36 bits per heavy atom. The lowest BCUT2D eigenvalue weighted by Gasteiger charge is -2.13. The lowest BCUT2D eigenvalue weighted by molar-refractivity contribution is 0.0698. The Kier molecular flexibility index (Phi) is 4.17. The Labute approximate surface area is 132 Å². The van der Waals surface area contributed by atoms with Crippen molar-refractivity contribution in [1.29, 1.82) is 0 Å². The molecule has 1 aromatic heterocycles. The highest BCUT2D eigenvalue weighted by atomic mass is 35.5. The number of sulfonamides is 1. The Morgan fingerprint density at radius 2 is 2.00 bits per heavy atom. The van der Waals surface area contributed by atoms with Crippen LogP contribution in [0.2, 0.25) is 5.15 Å². The SMILES string of the molecule is Cc1cccc(C(=O)O)c1NS(=O)(=O)c1c(C)nn(C)c1Cl. The summed E-state index contributed by atoms with van der Waals surface area (Å²) in [5.41, 5.74) is 0.585. The fourth-order valence-corrected chi connectivity index (χ4v) is 3.99. The van der Waals surface area contributed by atoms with Crippen LogP contribution >= 0.6 is 11.6 Å². The van der Waals surface area contributed by atoms with Gasteiger partial charge >= 0.3 is 5.97 Å². The van der Waals surface area contributed by atoms with Gasteiger partial charge in [0.15, 0.2) is 0 Å². The van der Waals surface area contributed by atoms with E-state index in [9.17, 15) is 18.3 Å². The van der Waals surface area contributed by atoms with Gasteiger partial charge in [-0.3, -0.25) is 9.40 Å². The number of hydrogen-bond acceptors (Lipinski definition) is 4. The Balaban J connectivity index is 2.58. The van der Waals surface area contributed by atoms with Gasteiger partial charge in [-0.2, -0.15) is 5.10 Å². The van der Waals surface area contributed by atoms with Crippen LogP contribution < -0.4 is 4.72 Å². The van der Waals surface area contributed by atoms with Crippen molar-refractivity contribution in [1.82, 2.24) is 9.78 Å². The second-order valence-corrected chi connectivity index (χ2v) is 6.71. The maximum atomic E-state index is 12.5. The summed E-state index contributed by atoms with van der Waals surface area (Å²) in [6.07, 6.45) is 0. The minimum absolute atomic E-state index is 0.00863. The summed E-state index contributed by atoms with van der Waals surface area (Å²) < 4.78 is 28.6. The Morgan fingerprint density at radius 3 is 2.50 bits per heavy atom. The molecule has 0 atom stereocenters. The molecule has 0 saturated heterocycles. The van der Waals surface area contributed by atoms with Crippen molar-refractivity contribution in [2.45, 2.75) is 18.7 Å². The van der Waals surface area contributed by atoms with Crippen molar-refractivity contribution < 1.29 is 18.3 Å². The van der Waals surface area contributed by atoms with E-state index < -0.39 is 16.0 Å². The van der Waals surface area contributed by atoms with Gasteiger partial charge < -0.3 is 5.11 Å². The van der Waals surface area contributed by atoms with E-state index >= 15 is 0 Å². The predicted octanol–water partition coefficient (Wildman–Crippen LogP) is 2.19. The zero-order valence-electron chi connectivity index (χ0n) is 12.1. The molecule has 0 spiro atoms. The van der Waals surface area contributed by atoms with Crippen LogP contribution in [-0.4, -0.2) is 29.3 Å².